The highest BCUT2D eigenvalue weighted by atomic mass is 16.4. The number of aromatic nitrogens is 1. The molecule has 1 atom stereocenters. The van der Waals surface area contributed by atoms with Crippen molar-refractivity contribution in [2.24, 2.45) is 0 Å². The molecule has 33 heavy (non-hydrogen) atoms. The van der Waals surface area contributed by atoms with Crippen LogP contribution in [0.5, 0.6) is 0 Å². The van der Waals surface area contributed by atoms with Gasteiger partial charge in [-0.15, -0.1) is 0 Å². The van der Waals surface area contributed by atoms with E-state index >= 15 is 0 Å². The Hall–Kier alpha value is -3.22. The van der Waals surface area contributed by atoms with E-state index in [1.54, 1.807) is 24.4 Å². The summed E-state index contributed by atoms with van der Waals surface area (Å²) >= 11 is 0. The second-order valence-corrected chi connectivity index (χ2v) is 8.77. The van der Waals surface area contributed by atoms with Crippen LogP contribution in [0.4, 0.5) is 5.82 Å². The number of nitrogens with two attached hydrogens (primary N) is 1. The molecule has 6 nitrogen and oxygen atoms in total. The molecule has 1 saturated carbocycles. The van der Waals surface area contributed by atoms with Crippen molar-refractivity contribution < 1.29 is 15.0 Å². The van der Waals surface area contributed by atoms with E-state index in [1.165, 1.54) is 18.4 Å². The molecule has 2 aromatic carbocycles. The maximum atomic E-state index is 11.7. The highest BCUT2D eigenvalue weighted by molar-refractivity contribution is 5.90. The second kappa shape index (κ2) is 10.6. The van der Waals surface area contributed by atoms with Crippen LogP contribution in [0.15, 0.2) is 60.8 Å². The molecule has 172 valence electrons. The van der Waals surface area contributed by atoms with Gasteiger partial charge in [-0.25, -0.2) is 9.78 Å². The second-order valence-electron chi connectivity index (χ2n) is 8.77. The first-order valence-electron chi connectivity index (χ1n) is 11.6. The quantitative estimate of drug-likeness (QED) is 0.360. The molecule has 0 bridgehead atoms. The summed E-state index contributed by atoms with van der Waals surface area (Å²) in [5.41, 5.74) is 11.1. The van der Waals surface area contributed by atoms with E-state index in [-0.39, 0.29) is 0 Å². The number of benzene rings is 2. The van der Waals surface area contributed by atoms with E-state index in [0.717, 1.165) is 48.1 Å². The van der Waals surface area contributed by atoms with Crippen molar-refractivity contribution in [3.63, 3.8) is 0 Å². The van der Waals surface area contributed by atoms with E-state index in [2.05, 4.69) is 40.6 Å². The van der Waals surface area contributed by atoms with Gasteiger partial charge in [-0.3, -0.25) is 0 Å². The topological polar surface area (TPSA) is 108 Å². The molecule has 0 saturated heterocycles. The number of aromatic carboxylic acids is 1. The van der Waals surface area contributed by atoms with Gasteiger partial charge in [0.2, 0.25) is 0 Å². The number of nitrogens with one attached hydrogen (secondary N) is 1. The Kier molecular flexibility index (Phi) is 7.37. The molecule has 1 aliphatic carbocycles. The standard InChI is InChI=1S/C27H31N3O3/c28-26-12-10-22(16-30-26)25(31)17-29-14-13-18-5-7-19(8-6-18)21-9-11-23(27(32)33)24(15-21)20-3-1-2-4-20/h5-12,15-16,20,25,29,31H,1-4,13-14,17H2,(H2,28,30)(H,32,33)/t25-/m0/s1. The zero-order chi connectivity index (χ0) is 23.2. The van der Waals surface area contributed by atoms with Crippen molar-refractivity contribution in [2.75, 3.05) is 18.8 Å². The molecule has 1 aromatic heterocycles. The first-order chi connectivity index (χ1) is 16.0. The fourth-order valence-electron chi connectivity index (χ4n) is 4.58. The number of nitrogen functional groups attached to an aromatic ring is 1. The number of hydrogen-bond donors (Lipinski definition) is 4. The summed E-state index contributed by atoms with van der Waals surface area (Å²) in [5, 5.41) is 23.1. The molecule has 1 aliphatic rings. The van der Waals surface area contributed by atoms with Crippen molar-refractivity contribution >= 4 is 11.8 Å². The van der Waals surface area contributed by atoms with Crippen molar-refractivity contribution in [1.29, 1.82) is 0 Å². The van der Waals surface area contributed by atoms with Gasteiger partial charge in [-0.2, -0.15) is 0 Å². The SMILES string of the molecule is Nc1ccc([C@@H](O)CNCCc2ccc(-c3ccc(C(=O)O)c(C4CCCC4)c3)cc2)cn1. The number of pyridine rings is 1. The molecule has 0 unspecified atom stereocenters. The molecule has 0 radical (unpaired) electrons. The average molecular weight is 446 g/mol. The lowest BCUT2D eigenvalue weighted by Gasteiger charge is -2.15. The third kappa shape index (κ3) is 5.78. The Morgan fingerprint density at radius 1 is 1.06 bits per heavy atom. The lowest BCUT2D eigenvalue weighted by molar-refractivity contribution is 0.0695. The van der Waals surface area contributed by atoms with Crippen LogP contribution in [-0.2, 0) is 6.42 Å². The number of carboxylic acids is 1. The highest BCUT2D eigenvalue weighted by Crippen LogP contribution is 2.37. The number of aliphatic hydroxyl groups is 1. The van der Waals surface area contributed by atoms with Crippen molar-refractivity contribution in [1.82, 2.24) is 10.3 Å². The number of anilines is 1. The summed E-state index contributed by atoms with van der Waals surface area (Å²) in [6, 6.07) is 17.6. The van der Waals surface area contributed by atoms with Gasteiger partial charge in [0.15, 0.2) is 0 Å². The number of rotatable bonds is 9. The lowest BCUT2D eigenvalue weighted by atomic mass is 9.89. The van der Waals surface area contributed by atoms with Gasteiger partial charge in [-0.05, 0) is 66.1 Å². The van der Waals surface area contributed by atoms with E-state index in [9.17, 15) is 15.0 Å². The summed E-state index contributed by atoms with van der Waals surface area (Å²) < 4.78 is 0. The summed E-state index contributed by atoms with van der Waals surface area (Å²) in [7, 11) is 0. The summed E-state index contributed by atoms with van der Waals surface area (Å²) in [5.74, 6) is -0.0557. The zero-order valence-corrected chi connectivity index (χ0v) is 18.7. The highest BCUT2D eigenvalue weighted by Gasteiger charge is 2.23. The Morgan fingerprint density at radius 2 is 1.79 bits per heavy atom. The molecular weight excluding hydrogens is 414 g/mol. The van der Waals surface area contributed by atoms with Crippen LogP contribution < -0.4 is 11.1 Å². The number of aliphatic hydroxyl groups excluding tert-OH is 1. The molecule has 5 N–H and O–H groups in total. The van der Waals surface area contributed by atoms with E-state index < -0.39 is 12.1 Å². The average Bonchev–Trinajstić information content (AvgIpc) is 3.37. The number of hydrogen-bond acceptors (Lipinski definition) is 5. The van der Waals surface area contributed by atoms with Crippen LogP contribution in [-0.4, -0.2) is 34.3 Å². The van der Waals surface area contributed by atoms with Gasteiger partial charge < -0.3 is 21.3 Å². The van der Waals surface area contributed by atoms with Crippen molar-refractivity contribution in [3.8, 4) is 11.1 Å². The number of carboxylic acid groups (broad SMARTS) is 1. The Morgan fingerprint density at radius 3 is 2.45 bits per heavy atom. The smallest absolute Gasteiger partial charge is 0.335 e. The fourth-order valence-corrected chi connectivity index (χ4v) is 4.58. The molecule has 0 amide bonds. The molecule has 0 spiro atoms. The van der Waals surface area contributed by atoms with Gasteiger partial charge in [-0.1, -0.05) is 55.3 Å². The minimum atomic E-state index is -0.843. The Bertz CT molecular complexity index is 1070. The predicted octanol–water partition coefficient (Wildman–Crippen LogP) is 4.55. The molecule has 4 rings (SSSR count). The van der Waals surface area contributed by atoms with Gasteiger partial charge in [0.1, 0.15) is 5.82 Å². The third-order valence-corrected chi connectivity index (χ3v) is 6.49. The first kappa shape index (κ1) is 23.0. The van der Waals surface area contributed by atoms with E-state index in [0.29, 0.717) is 23.8 Å². The predicted molar refractivity (Wildman–Crippen MR) is 130 cm³/mol. The van der Waals surface area contributed by atoms with Gasteiger partial charge >= 0.3 is 5.97 Å². The van der Waals surface area contributed by atoms with Crippen LogP contribution in [0.25, 0.3) is 11.1 Å². The van der Waals surface area contributed by atoms with Crippen molar-refractivity contribution in [2.45, 2.75) is 44.1 Å². The Balaban J connectivity index is 1.34. The fraction of sp³-hybridized carbons (Fsp3) is 0.333. The molecule has 1 fully saturated rings. The monoisotopic (exact) mass is 445 g/mol. The minimum absolute atomic E-state index is 0.348. The minimum Gasteiger partial charge on any atom is -0.478 e. The van der Waals surface area contributed by atoms with Crippen LogP contribution in [0.3, 0.4) is 0 Å². The number of nitrogens with zero attached hydrogens (tertiary/aromatic N) is 1. The van der Waals surface area contributed by atoms with Gasteiger partial charge in [0.05, 0.1) is 11.7 Å². The maximum Gasteiger partial charge on any atom is 0.335 e. The first-order valence-corrected chi connectivity index (χ1v) is 11.6. The molecule has 3 aromatic rings. The lowest BCUT2D eigenvalue weighted by Crippen LogP contribution is -2.23. The molecule has 6 heteroatoms. The molecule has 1 heterocycles. The van der Waals surface area contributed by atoms with Gasteiger partial charge in [0.25, 0.3) is 0 Å². The zero-order valence-electron chi connectivity index (χ0n) is 18.7. The van der Waals surface area contributed by atoms with Crippen molar-refractivity contribution in [3.05, 3.63) is 83.0 Å². The third-order valence-electron chi connectivity index (χ3n) is 6.49. The van der Waals surface area contributed by atoms with Crippen LogP contribution in [0, 0.1) is 0 Å². The van der Waals surface area contributed by atoms with E-state index in [1.807, 2.05) is 6.07 Å². The Labute approximate surface area is 194 Å². The van der Waals surface area contributed by atoms with Crippen LogP contribution in [0.2, 0.25) is 0 Å². The largest absolute Gasteiger partial charge is 0.478 e. The molecule has 0 aliphatic heterocycles. The summed E-state index contributed by atoms with van der Waals surface area (Å²) in [6.45, 7) is 1.20. The van der Waals surface area contributed by atoms with Crippen LogP contribution in [0.1, 0.15) is 64.8 Å². The molecular formula is C27H31N3O3. The summed E-state index contributed by atoms with van der Waals surface area (Å²) in [6.07, 6.45) is 6.30. The number of carbonyl (C=O) groups is 1. The normalized spacial score (nSPS) is 14.9. The van der Waals surface area contributed by atoms with Gasteiger partial charge in [0, 0.05) is 18.3 Å². The summed E-state index contributed by atoms with van der Waals surface area (Å²) in [4.78, 5) is 15.7. The maximum absolute atomic E-state index is 11.7. The van der Waals surface area contributed by atoms with E-state index in [4.69, 9.17) is 5.73 Å². The van der Waals surface area contributed by atoms with Crippen LogP contribution >= 0.6 is 0 Å².